The minimum absolute atomic E-state index is 0.101. The molecule has 0 unspecified atom stereocenters. The quantitative estimate of drug-likeness (QED) is 0.327. The van der Waals surface area contributed by atoms with Gasteiger partial charge >= 0.3 is 0 Å². The molecule has 0 saturated heterocycles. The zero-order chi connectivity index (χ0) is 22.0. The minimum atomic E-state index is -0.213. The summed E-state index contributed by atoms with van der Waals surface area (Å²) in [5.74, 6) is 0.544. The normalized spacial score (nSPS) is 11.1. The Labute approximate surface area is 188 Å². The van der Waals surface area contributed by atoms with Crippen molar-refractivity contribution in [1.29, 1.82) is 0 Å². The molecule has 0 aliphatic carbocycles. The number of carbonyl (C=O) groups is 1. The molecule has 31 heavy (non-hydrogen) atoms. The summed E-state index contributed by atoms with van der Waals surface area (Å²) in [5, 5.41) is 4.28. The number of rotatable bonds is 6. The molecule has 0 aliphatic heterocycles. The molecule has 0 fully saturated rings. The third kappa shape index (κ3) is 5.00. The van der Waals surface area contributed by atoms with Crippen molar-refractivity contribution in [2.45, 2.75) is 25.5 Å². The van der Waals surface area contributed by atoms with Gasteiger partial charge in [0.05, 0.1) is 29.5 Å². The van der Waals surface area contributed by atoms with Gasteiger partial charge in [0.1, 0.15) is 5.76 Å². The smallest absolute Gasteiger partial charge is 0.262 e. The number of nitrogens with one attached hydrogen (secondary N) is 1. The van der Waals surface area contributed by atoms with E-state index in [0.717, 1.165) is 16.8 Å². The Balaban J connectivity index is 1.62. The second-order valence-corrected chi connectivity index (χ2v) is 8.62. The van der Waals surface area contributed by atoms with Gasteiger partial charge < -0.3 is 9.73 Å². The second kappa shape index (κ2) is 8.99. The van der Waals surface area contributed by atoms with Crippen molar-refractivity contribution in [3.8, 4) is 0 Å². The first kappa shape index (κ1) is 21.2. The molecule has 4 rings (SSSR count). The average Bonchev–Trinajstić information content (AvgIpc) is 3.21. The van der Waals surface area contributed by atoms with E-state index < -0.39 is 0 Å². The second-order valence-electron chi connectivity index (χ2n) is 7.24. The van der Waals surface area contributed by atoms with Gasteiger partial charge in [0, 0.05) is 10.7 Å². The van der Waals surface area contributed by atoms with E-state index in [1.165, 1.54) is 16.3 Å². The molecule has 2 aromatic carbocycles. The van der Waals surface area contributed by atoms with Gasteiger partial charge in [-0.25, -0.2) is 4.98 Å². The molecule has 0 saturated carbocycles. The van der Waals surface area contributed by atoms with Gasteiger partial charge in [-0.1, -0.05) is 29.4 Å². The number of fused-ring (bicyclic) bond motifs is 1. The SMILES string of the molecule is Cc1cc(C)cc(NC(=O)CSc2nc3cc(Cl)ccc3c(=O)n2Cc2ccco2)c1. The number of carbonyl (C=O) groups excluding carboxylic acids is 1. The fraction of sp³-hybridized carbons (Fsp3) is 0.174. The highest BCUT2D eigenvalue weighted by Gasteiger charge is 2.15. The number of amides is 1. The fourth-order valence-electron chi connectivity index (χ4n) is 3.36. The Morgan fingerprint density at radius 3 is 2.65 bits per heavy atom. The van der Waals surface area contributed by atoms with Crippen molar-refractivity contribution in [2.75, 3.05) is 11.1 Å². The molecule has 8 heteroatoms. The molecule has 1 amide bonds. The van der Waals surface area contributed by atoms with Crippen LogP contribution in [0.5, 0.6) is 0 Å². The predicted molar refractivity (Wildman–Crippen MR) is 124 cm³/mol. The number of halogens is 1. The number of nitrogens with zero attached hydrogens (tertiary/aromatic N) is 2. The molecule has 158 valence electrons. The topological polar surface area (TPSA) is 77.1 Å². The van der Waals surface area contributed by atoms with Crippen LogP contribution in [0.3, 0.4) is 0 Å². The monoisotopic (exact) mass is 453 g/mol. The number of aromatic nitrogens is 2. The van der Waals surface area contributed by atoms with Crippen molar-refractivity contribution in [3.05, 3.63) is 87.1 Å². The molecule has 0 atom stereocenters. The standard InChI is InChI=1S/C23H20ClN3O3S/c1-14-8-15(2)10-17(9-14)25-21(28)13-31-23-26-20-11-16(24)5-6-19(20)22(29)27(23)12-18-4-3-7-30-18/h3-11H,12-13H2,1-2H3,(H,25,28). The first-order chi connectivity index (χ1) is 14.9. The van der Waals surface area contributed by atoms with E-state index in [4.69, 9.17) is 16.0 Å². The summed E-state index contributed by atoms with van der Waals surface area (Å²) in [6, 6.07) is 14.4. The predicted octanol–water partition coefficient (Wildman–Crippen LogP) is 5.04. The highest BCUT2D eigenvalue weighted by Crippen LogP contribution is 2.22. The maximum absolute atomic E-state index is 13.1. The van der Waals surface area contributed by atoms with E-state index >= 15 is 0 Å². The highest BCUT2D eigenvalue weighted by molar-refractivity contribution is 7.99. The Hall–Kier alpha value is -3.03. The lowest BCUT2D eigenvalue weighted by atomic mass is 10.1. The van der Waals surface area contributed by atoms with Crippen LogP contribution in [0.1, 0.15) is 16.9 Å². The maximum Gasteiger partial charge on any atom is 0.262 e. The summed E-state index contributed by atoms with van der Waals surface area (Å²) < 4.78 is 6.93. The maximum atomic E-state index is 13.1. The lowest BCUT2D eigenvalue weighted by molar-refractivity contribution is -0.113. The molecule has 2 heterocycles. The summed E-state index contributed by atoms with van der Waals surface area (Å²) in [6.07, 6.45) is 1.55. The first-order valence-electron chi connectivity index (χ1n) is 9.62. The molecule has 0 spiro atoms. The summed E-state index contributed by atoms with van der Waals surface area (Å²) in [7, 11) is 0. The van der Waals surface area contributed by atoms with E-state index in [1.807, 2.05) is 32.0 Å². The van der Waals surface area contributed by atoms with E-state index in [2.05, 4.69) is 10.3 Å². The Morgan fingerprint density at radius 1 is 1.16 bits per heavy atom. The average molecular weight is 454 g/mol. The Bertz CT molecular complexity index is 1300. The van der Waals surface area contributed by atoms with Gasteiger partial charge in [-0.2, -0.15) is 0 Å². The summed E-state index contributed by atoms with van der Waals surface area (Å²) >= 11 is 7.28. The molecule has 0 aliphatic rings. The van der Waals surface area contributed by atoms with Crippen molar-refractivity contribution in [3.63, 3.8) is 0 Å². The number of thioether (sulfide) groups is 1. The molecule has 1 N–H and O–H groups in total. The Kier molecular flexibility index (Phi) is 6.15. The minimum Gasteiger partial charge on any atom is -0.467 e. The van der Waals surface area contributed by atoms with Crippen LogP contribution in [0.25, 0.3) is 10.9 Å². The van der Waals surface area contributed by atoms with Gasteiger partial charge in [-0.15, -0.1) is 0 Å². The molecule has 0 bridgehead atoms. The van der Waals surface area contributed by atoms with E-state index in [1.54, 1.807) is 36.6 Å². The third-order valence-electron chi connectivity index (χ3n) is 4.61. The number of hydrogen-bond donors (Lipinski definition) is 1. The Morgan fingerprint density at radius 2 is 1.94 bits per heavy atom. The summed E-state index contributed by atoms with van der Waals surface area (Å²) in [5.41, 5.74) is 3.17. The van der Waals surface area contributed by atoms with Crippen LogP contribution in [0.4, 0.5) is 5.69 Å². The fourth-order valence-corrected chi connectivity index (χ4v) is 4.32. The van der Waals surface area contributed by atoms with Crippen LogP contribution in [0.15, 0.2) is 69.2 Å². The lowest BCUT2D eigenvalue weighted by Crippen LogP contribution is -2.24. The van der Waals surface area contributed by atoms with Crippen LogP contribution in [-0.4, -0.2) is 21.2 Å². The van der Waals surface area contributed by atoms with Gasteiger partial charge in [0.15, 0.2) is 5.16 Å². The number of aryl methyl sites for hydroxylation is 2. The van der Waals surface area contributed by atoms with Crippen molar-refractivity contribution in [1.82, 2.24) is 9.55 Å². The zero-order valence-electron chi connectivity index (χ0n) is 17.0. The van der Waals surface area contributed by atoms with Gasteiger partial charge in [0.2, 0.25) is 5.91 Å². The number of furan rings is 1. The molecule has 2 aromatic heterocycles. The van der Waals surface area contributed by atoms with E-state index in [0.29, 0.717) is 26.8 Å². The van der Waals surface area contributed by atoms with Crippen molar-refractivity contribution >= 4 is 45.9 Å². The zero-order valence-corrected chi connectivity index (χ0v) is 18.6. The van der Waals surface area contributed by atoms with Crippen LogP contribution >= 0.6 is 23.4 Å². The van der Waals surface area contributed by atoms with Crippen LogP contribution < -0.4 is 10.9 Å². The van der Waals surface area contributed by atoms with Gasteiger partial charge in [-0.3, -0.25) is 14.2 Å². The van der Waals surface area contributed by atoms with Crippen molar-refractivity contribution < 1.29 is 9.21 Å². The third-order valence-corrected chi connectivity index (χ3v) is 5.83. The summed E-state index contributed by atoms with van der Waals surface area (Å²) in [4.78, 5) is 30.3. The van der Waals surface area contributed by atoms with Crippen LogP contribution in [0.2, 0.25) is 5.02 Å². The van der Waals surface area contributed by atoms with E-state index in [9.17, 15) is 9.59 Å². The molecule has 6 nitrogen and oxygen atoms in total. The van der Waals surface area contributed by atoms with Crippen LogP contribution in [0, 0.1) is 13.8 Å². The number of benzene rings is 2. The summed E-state index contributed by atoms with van der Waals surface area (Å²) in [6.45, 7) is 4.18. The first-order valence-corrected chi connectivity index (χ1v) is 11.0. The number of hydrogen-bond acceptors (Lipinski definition) is 5. The van der Waals surface area contributed by atoms with Crippen molar-refractivity contribution in [2.24, 2.45) is 0 Å². The molecular weight excluding hydrogens is 434 g/mol. The largest absolute Gasteiger partial charge is 0.467 e. The molecular formula is C23H20ClN3O3S. The highest BCUT2D eigenvalue weighted by atomic mass is 35.5. The number of anilines is 1. The lowest BCUT2D eigenvalue weighted by Gasteiger charge is -2.12. The van der Waals surface area contributed by atoms with Gasteiger partial charge in [-0.05, 0) is 67.4 Å². The van der Waals surface area contributed by atoms with Crippen LogP contribution in [-0.2, 0) is 11.3 Å². The molecule has 4 aromatic rings. The van der Waals surface area contributed by atoms with E-state index in [-0.39, 0.29) is 23.8 Å². The molecule has 0 radical (unpaired) electrons. The van der Waals surface area contributed by atoms with Gasteiger partial charge in [0.25, 0.3) is 5.56 Å².